The lowest BCUT2D eigenvalue weighted by Gasteiger charge is -2.24. The largest absolute Gasteiger partial charge is 0.353 e. The van der Waals surface area contributed by atoms with E-state index in [0.717, 1.165) is 23.1 Å². The maximum Gasteiger partial charge on any atom is 0.141 e. The van der Waals surface area contributed by atoms with Gasteiger partial charge in [0, 0.05) is 12.6 Å². The topological polar surface area (TPSA) is 29.0 Å². The highest BCUT2D eigenvalue weighted by Crippen LogP contribution is 2.35. The molecule has 0 saturated heterocycles. The summed E-state index contributed by atoms with van der Waals surface area (Å²) in [5.41, 5.74) is 0. The number of anilines is 1. The van der Waals surface area contributed by atoms with Crippen LogP contribution in [0.2, 0.25) is 0 Å². The molecule has 1 fully saturated rings. The maximum absolute atomic E-state index is 4.54. The van der Waals surface area contributed by atoms with Gasteiger partial charge in [-0.05, 0) is 36.6 Å². The summed E-state index contributed by atoms with van der Waals surface area (Å²) in [6.07, 6.45) is 5.56. The molecule has 18 heavy (non-hydrogen) atoms. The van der Waals surface area contributed by atoms with Gasteiger partial charge < -0.3 is 4.90 Å². The normalized spacial score (nSPS) is 15.5. The van der Waals surface area contributed by atoms with Crippen LogP contribution >= 0.6 is 11.3 Å². The number of fused-ring (bicyclic) bond motifs is 1. The molecule has 0 radical (unpaired) electrons. The minimum atomic E-state index is 0.710. The van der Waals surface area contributed by atoms with Crippen LogP contribution in [0.3, 0.4) is 0 Å². The number of hydrogen-bond acceptors (Lipinski definition) is 4. The molecule has 1 saturated carbocycles. The van der Waals surface area contributed by atoms with E-state index in [0.29, 0.717) is 6.04 Å². The maximum atomic E-state index is 4.54. The Morgan fingerprint density at radius 2 is 2.22 bits per heavy atom. The van der Waals surface area contributed by atoms with E-state index in [9.17, 15) is 0 Å². The molecule has 2 heterocycles. The van der Waals surface area contributed by atoms with Crippen molar-refractivity contribution in [2.45, 2.75) is 39.2 Å². The molecular formula is C14H19N3S. The standard InChI is InChI=1S/C14H19N3S/c1-10(2)5-7-17(11-3-4-11)13-12-6-8-18-14(12)16-9-15-13/h6,8-11H,3-5,7H2,1-2H3. The fraction of sp³-hybridized carbons (Fsp3) is 0.571. The Hall–Kier alpha value is -1.16. The highest BCUT2D eigenvalue weighted by atomic mass is 32.1. The number of rotatable bonds is 5. The molecule has 0 aliphatic heterocycles. The predicted octanol–water partition coefficient (Wildman–Crippen LogP) is 3.71. The zero-order valence-electron chi connectivity index (χ0n) is 11.0. The van der Waals surface area contributed by atoms with Gasteiger partial charge in [-0.1, -0.05) is 13.8 Å². The van der Waals surface area contributed by atoms with E-state index in [1.807, 2.05) is 0 Å². The van der Waals surface area contributed by atoms with E-state index in [1.165, 1.54) is 24.6 Å². The molecule has 0 atom stereocenters. The summed E-state index contributed by atoms with van der Waals surface area (Å²) in [5.74, 6) is 1.88. The van der Waals surface area contributed by atoms with E-state index in [2.05, 4.69) is 40.2 Å². The van der Waals surface area contributed by atoms with Crippen LogP contribution < -0.4 is 4.90 Å². The second-order valence-electron chi connectivity index (χ2n) is 5.44. The average Bonchev–Trinajstić information content (AvgIpc) is 3.06. The van der Waals surface area contributed by atoms with Gasteiger partial charge in [-0.3, -0.25) is 0 Å². The van der Waals surface area contributed by atoms with Crippen LogP contribution in [0.5, 0.6) is 0 Å². The number of nitrogens with zero attached hydrogens (tertiary/aromatic N) is 3. The Kier molecular flexibility index (Phi) is 3.20. The van der Waals surface area contributed by atoms with Crippen molar-refractivity contribution < 1.29 is 0 Å². The van der Waals surface area contributed by atoms with E-state index in [-0.39, 0.29) is 0 Å². The molecule has 3 nitrogen and oxygen atoms in total. The first-order valence-corrected chi connectivity index (χ1v) is 7.58. The Morgan fingerprint density at radius 1 is 1.39 bits per heavy atom. The van der Waals surface area contributed by atoms with Crippen molar-refractivity contribution in [1.29, 1.82) is 0 Å². The van der Waals surface area contributed by atoms with Crippen LogP contribution in [0.15, 0.2) is 17.8 Å². The van der Waals surface area contributed by atoms with Crippen molar-refractivity contribution in [2.24, 2.45) is 5.92 Å². The predicted molar refractivity (Wildman–Crippen MR) is 77.2 cm³/mol. The second kappa shape index (κ2) is 4.84. The third-order valence-corrected chi connectivity index (χ3v) is 4.27. The van der Waals surface area contributed by atoms with Crippen molar-refractivity contribution in [1.82, 2.24) is 9.97 Å². The lowest BCUT2D eigenvalue weighted by Crippen LogP contribution is -2.28. The van der Waals surface area contributed by atoms with Crippen LogP contribution in [0.25, 0.3) is 10.2 Å². The summed E-state index contributed by atoms with van der Waals surface area (Å²) in [6, 6.07) is 2.86. The summed E-state index contributed by atoms with van der Waals surface area (Å²) in [4.78, 5) is 12.5. The number of aromatic nitrogens is 2. The Labute approximate surface area is 112 Å². The molecule has 2 aromatic heterocycles. The SMILES string of the molecule is CC(C)CCN(c1ncnc2sccc12)C1CC1. The highest BCUT2D eigenvalue weighted by Gasteiger charge is 2.30. The van der Waals surface area contributed by atoms with Gasteiger partial charge in [0.1, 0.15) is 17.0 Å². The molecule has 0 aromatic carbocycles. The molecule has 2 aromatic rings. The third-order valence-electron chi connectivity index (χ3n) is 3.45. The summed E-state index contributed by atoms with van der Waals surface area (Å²) in [5, 5.41) is 3.33. The quantitative estimate of drug-likeness (QED) is 0.821. The van der Waals surface area contributed by atoms with Gasteiger partial charge >= 0.3 is 0 Å². The molecule has 1 aliphatic rings. The molecular weight excluding hydrogens is 242 g/mol. The summed E-state index contributed by atoms with van der Waals surface area (Å²) >= 11 is 1.70. The highest BCUT2D eigenvalue weighted by molar-refractivity contribution is 7.16. The fourth-order valence-electron chi connectivity index (χ4n) is 2.25. The summed E-state index contributed by atoms with van der Waals surface area (Å²) < 4.78 is 0. The van der Waals surface area contributed by atoms with Gasteiger partial charge in [0.05, 0.1) is 5.39 Å². The first-order chi connectivity index (χ1) is 8.75. The fourth-order valence-corrected chi connectivity index (χ4v) is 2.98. The average molecular weight is 261 g/mol. The molecule has 3 rings (SSSR count). The van der Waals surface area contributed by atoms with Gasteiger partial charge in [-0.15, -0.1) is 11.3 Å². The lowest BCUT2D eigenvalue weighted by molar-refractivity contribution is 0.569. The van der Waals surface area contributed by atoms with Crippen LogP contribution in [0.1, 0.15) is 33.1 Å². The van der Waals surface area contributed by atoms with Gasteiger partial charge in [0.2, 0.25) is 0 Å². The van der Waals surface area contributed by atoms with Gasteiger partial charge in [0.15, 0.2) is 0 Å². The van der Waals surface area contributed by atoms with Crippen molar-refractivity contribution >= 4 is 27.4 Å². The van der Waals surface area contributed by atoms with E-state index in [4.69, 9.17) is 0 Å². The summed E-state index contributed by atoms with van der Waals surface area (Å²) in [6.45, 7) is 5.68. The Bertz CT molecular complexity index is 531. The van der Waals surface area contributed by atoms with Crippen LogP contribution in [-0.4, -0.2) is 22.6 Å². The van der Waals surface area contributed by atoms with E-state index < -0.39 is 0 Å². The van der Waals surface area contributed by atoms with Gasteiger partial charge in [-0.2, -0.15) is 0 Å². The molecule has 1 aliphatic carbocycles. The molecule has 0 spiro atoms. The monoisotopic (exact) mass is 261 g/mol. The number of thiophene rings is 1. The summed E-state index contributed by atoms with van der Waals surface area (Å²) in [7, 11) is 0. The smallest absolute Gasteiger partial charge is 0.141 e. The zero-order valence-corrected chi connectivity index (χ0v) is 11.8. The Balaban J connectivity index is 1.91. The van der Waals surface area contributed by atoms with Crippen LogP contribution in [0, 0.1) is 5.92 Å². The van der Waals surface area contributed by atoms with Crippen molar-refractivity contribution in [3.63, 3.8) is 0 Å². The second-order valence-corrected chi connectivity index (χ2v) is 6.34. The molecule has 96 valence electrons. The molecule has 4 heteroatoms. The minimum Gasteiger partial charge on any atom is -0.353 e. The number of hydrogen-bond donors (Lipinski definition) is 0. The minimum absolute atomic E-state index is 0.710. The van der Waals surface area contributed by atoms with E-state index >= 15 is 0 Å². The third kappa shape index (κ3) is 2.34. The Morgan fingerprint density at radius 3 is 2.94 bits per heavy atom. The zero-order chi connectivity index (χ0) is 12.5. The lowest BCUT2D eigenvalue weighted by atomic mass is 10.1. The van der Waals surface area contributed by atoms with Crippen LogP contribution in [-0.2, 0) is 0 Å². The molecule has 0 amide bonds. The van der Waals surface area contributed by atoms with Crippen LogP contribution in [0.4, 0.5) is 5.82 Å². The first-order valence-electron chi connectivity index (χ1n) is 6.70. The first kappa shape index (κ1) is 11.9. The van der Waals surface area contributed by atoms with Crippen molar-refractivity contribution in [2.75, 3.05) is 11.4 Å². The van der Waals surface area contributed by atoms with E-state index in [1.54, 1.807) is 17.7 Å². The van der Waals surface area contributed by atoms with Gasteiger partial charge in [0.25, 0.3) is 0 Å². The van der Waals surface area contributed by atoms with Crippen molar-refractivity contribution in [3.05, 3.63) is 17.8 Å². The van der Waals surface area contributed by atoms with Crippen molar-refractivity contribution in [3.8, 4) is 0 Å². The van der Waals surface area contributed by atoms with Gasteiger partial charge in [-0.25, -0.2) is 9.97 Å². The molecule has 0 bridgehead atoms. The molecule has 0 N–H and O–H groups in total. The molecule has 0 unspecified atom stereocenters.